The molecule has 2 N–H and O–H groups in total. The lowest BCUT2D eigenvalue weighted by Crippen LogP contribution is -2.28. The molecule has 2 aliphatic rings. The number of hydrogen-bond acceptors (Lipinski definition) is 3. The Morgan fingerprint density at radius 3 is 2.92 bits per heavy atom. The molecule has 0 spiro atoms. The van der Waals surface area contributed by atoms with E-state index < -0.39 is 0 Å². The van der Waals surface area contributed by atoms with Crippen molar-refractivity contribution in [2.45, 2.75) is 12.5 Å². The second-order valence-electron chi connectivity index (χ2n) is 6.40. The first-order valence-electron chi connectivity index (χ1n) is 8.21. The standard InChI is InChI=1S/C19H19FN2O2/c20-14-3-1-2-12(6-14)11-24-15-4-5-16-17(7-15)19(23)22-9-13-8-21-10-18(13)16/h1-7,13,18,21H,8-11H2,(H,22,23)/t13-,18+/m1/s1. The van der Waals surface area contributed by atoms with Crippen LogP contribution in [0.4, 0.5) is 4.39 Å². The van der Waals surface area contributed by atoms with Crippen LogP contribution in [0, 0.1) is 11.7 Å². The van der Waals surface area contributed by atoms with E-state index in [4.69, 9.17) is 4.74 Å². The van der Waals surface area contributed by atoms with Crippen molar-refractivity contribution < 1.29 is 13.9 Å². The Morgan fingerprint density at radius 2 is 2.04 bits per heavy atom. The minimum atomic E-state index is -0.280. The molecule has 2 aromatic rings. The highest BCUT2D eigenvalue weighted by Crippen LogP contribution is 2.34. The monoisotopic (exact) mass is 326 g/mol. The van der Waals surface area contributed by atoms with Crippen LogP contribution in [0.5, 0.6) is 5.75 Å². The minimum absolute atomic E-state index is 0.0457. The largest absolute Gasteiger partial charge is 0.489 e. The second-order valence-corrected chi connectivity index (χ2v) is 6.40. The molecule has 0 bridgehead atoms. The number of amides is 1. The summed E-state index contributed by atoms with van der Waals surface area (Å²) in [5, 5.41) is 6.39. The van der Waals surface area contributed by atoms with Crippen LogP contribution in [-0.2, 0) is 6.61 Å². The molecule has 0 saturated carbocycles. The number of carbonyl (C=O) groups is 1. The van der Waals surface area contributed by atoms with Gasteiger partial charge in [-0.15, -0.1) is 0 Å². The number of ether oxygens (including phenoxy) is 1. The van der Waals surface area contributed by atoms with Gasteiger partial charge in [0.2, 0.25) is 0 Å². The van der Waals surface area contributed by atoms with Crippen molar-refractivity contribution in [3.63, 3.8) is 0 Å². The van der Waals surface area contributed by atoms with Crippen molar-refractivity contribution in [3.05, 3.63) is 65.0 Å². The van der Waals surface area contributed by atoms with E-state index in [-0.39, 0.29) is 18.3 Å². The van der Waals surface area contributed by atoms with Gasteiger partial charge in [-0.1, -0.05) is 18.2 Å². The first kappa shape index (κ1) is 15.1. The van der Waals surface area contributed by atoms with Crippen LogP contribution in [0.3, 0.4) is 0 Å². The van der Waals surface area contributed by atoms with E-state index in [1.165, 1.54) is 12.1 Å². The average Bonchev–Trinajstić information content (AvgIpc) is 3.01. The van der Waals surface area contributed by atoms with Crippen LogP contribution in [0.15, 0.2) is 42.5 Å². The molecule has 2 aliphatic heterocycles. The van der Waals surface area contributed by atoms with Crippen molar-refractivity contribution in [2.24, 2.45) is 5.92 Å². The summed E-state index contributed by atoms with van der Waals surface area (Å²) in [5.74, 6) is 1.09. The van der Waals surface area contributed by atoms with E-state index in [0.717, 1.165) is 24.2 Å². The van der Waals surface area contributed by atoms with Gasteiger partial charge in [0.1, 0.15) is 18.2 Å². The van der Waals surface area contributed by atoms with E-state index >= 15 is 0 Å². The molecule has 124 valence electrons. The molecule has 0 unspecified atom stereocenters. The lowest BCUT2D eigenvalue weighted by atomic mass is 9.87. The van der Waals surface area contributed by atoms with Crippen molar-refractivity contribution in [3.8, 4) is 5.75 Å². The minimum Gasteiger partial charge on any atom is -0.489 e. The van der Waals surface area contributed by atoms with Crippen molar-refractivity contribution in [1.82, 2.24) is 10.6 Å². The number of rotatable bonds is 3. The summed E-state index contributed by atoms with van der Waals surface area (Å²) in [7, 11) is 0. The van der Waals surface area contributed by atoms with Gasteiger partial charge in [0, 0.05) is 31.1 Å². The van der Waals surface area contributed by atoms with Gasteiger partial charge in [-0.3, -0.25) is 4.79 Å². The van der Waals surface area contributed by atoms with Crippen LogP contribution >= 0.6 is 0 Å². The highest BCUT2D eigenvalue weighted by molar-refractivity contribution is 5.96. The number of nitrogens with one attached hydrogen (secondary N) is 2. The van der Waals surface area contributed by atoms with Gasteiger partial charge in [-0.25, -0.2) is 4.39 Å². The molecule has 0 aromatic heterocycles. The van der Waals surface area contributed by atoms with Crippen LogP contribution in [0.25, 0.3) is 0 Å². The maximum atomic E-state index is 13.2. The van der Waals surface area contributed by atoms with E-state index in [0.29, 0.717) is 29.7 Å². The molecule has 0 radical (unpaired) electrons. The number of hydrogen-bond donors (Lipinski definition) is 2. The summed E-state index contributed by atoms with van der Waals surface area (Å²) in [6.07, 6.45) is 0. The fraction of sp³-hybridized carbons (Fsp3) is 0.316. The van der Waals surface area contributed by atoms with Gasteiger partial charge in [-0.05, 0) is 41.3 Å². The first-order valence-corrected chi connectivity index (χ1v) is 8.21. The zero-order chi connectivity index (χ0) is 16.5. The van der Waals surface area contributed by atoms with Gasteiger partial charge in [-0.2, -0.15) is 0 Å². The normalized spacial score (nSPS) is 22.3. The van der Waals surface area contributed by atoms with E-state index in [1.807, 2.05) is 18.2 Å². The van der Waals surface area contributed by atoms with Crippen LogP contribution in [0.1, 0.15) is 27.4 Å². The third kappa shape index (κ3) is 2.87. The molecular formula is C19H19FN2O2. The summed E-state index contributed by atoms with van der Waals surface area (Å²) < 4.78 is 19.0. The van der Waals surface area contributed by atoms with Gasteiger partial charge < -0.3 is 15.4 Å². The Bertz CT molecular complexity index is 778. The molecule has 1 saturated heterocycles. The summed E-state index contributed by atoms with van der Waals surface area (Å²) in [6, 6.07) is 12.0. The summed E-state index contributed by atoms with van der Waals surface area (Å²) in [4.78, 5) is 12.4. The topological polar surface area (TPSA) is 50.4 Å². The van der Waals surface area contributed by atoms with Crippen molar-refractivity contribution >= 4 is 5.91 Å². The molecule has 24 heavy (non-hydrogen) atoms. The molecule has 2 heterocycles. The average molecular weight is 326 g/mol. The predicted octanol–water partition coefficient (Wildman–Crippen LogP) is 2.45. The second kappa shape index (κ2) is 6.24. The van der Waals surface area contributed by atoms with Crippen LogP contribution < -0.4 is 15.4 Å². The zero-order valence-electron chi connectivity index (χ0n) is 13.2. The summed E-state index contributed by atoms with van der Waals surface area (Å²) >= 11 is 0. The Kier molecular flexibility index (Phi) is 3.94. The van der Waals surface area contributed by atoms with Crippen molar-refractivity contribution in [1.29, 1.82) is 0 Å². The summed E-state index contributed by atoms with van der Waals surface area (Å²) in [6.45, 7) is 2.80. The zero-order valence-corrected chi connectivity index (χ0v) is 13.2. The quantitative estimate of drug-likeness (QED) is 0.911. The molecule has 0 aliphatic carbocycles. The Hall–Kier alpha value is -2.40. The fourth-order valence-corrected chi connectivity index (χ4v) is 3.57. The highest BCUT2D eigenvalue weighted by Gasteiger charge is 2.34. The molecule has 1 amide bonds. The van der Waals surface area contributed by atoms with E-state index in [1.54, 1.807) is 12.1 Å². The van der Waals surface area contributed by atoms with Crippen LogP contribution in [-0.4, -0.2) is 25.5 Å². The SMILES string of the molecule is O=C1NC[C@H]2CNC[C@@H]2c2ccc(OCc3cccc(F)c3)cc21. The Labute approximate surface area is 140 Å². The van der Waals surface area contributed by atoms with Crippen molar-refractivity contribution in [2.75, 3.05) is 19.6 Å². The molecule has 1 fully saturated rings. The Balaban J connectivity index is 1.57. The third-order valence-corrected chi connectivity index (χ3v) is 4.83. The summed E-state index contributed by atoms with van der Waals surface area (Å²) in [5.41, 5.74) is 2.52. The first-order chi connectivity index (χ1) is 11.7. The smallest absolute Gasteiger partial charge is 0.251 e. The maximum Gasteiger partial charge on any atom is 0.251 e. The van der Waals surface area contributed by atoms with Gasteiger partial charge in [0.15, 0.2) is 0 Å². The molecule has 2 atom stereocenters. The predicted molar refractivity (Wildman–Crippen MR) is 88.6 cm³/mol. The van der Waals surface area contributed by atoms with E-state index in [2.05, 4.69) is 10.6 Å². The lowest BCUT2D eigenvalue weighted by molar-refractivity contribution is 0.0952. The number of halogens is 1. The maximum absolute atomic E-state index is 13.2. The Morgan fingerprint density at radius 1 is 1.12 bits per heavy atom. The number of fused-ring (bicyclic) bond motifs is 3. The van der Waals surface area contributed by atoms with Gasteiger partial charge in [0.25, 0.3) is 5.91 Å². The molecule has 4 nitrogen and oxygen atoms in total. The molecular weight excluding hydrogens is 307 g/mol. The van der Waals surface area contributed by atoms with Gasteiger partial charge >= 0.3 is 0 Å². The van der Waals surface area contributed by atoms with Gasteiger partial charge in [0.05, 0.1) is 0 Å². The lowest BCUT2D eigenvalue weighted by Gasteiger charge is -2.17. The highest BCUT2D eigenvalue weighted by atomic mass is 19.1. The van der Waals surface area contributed by atoms with E-state index in [9.17, 15) is 9.18 Å². The number of carbonyl (C=O) groups excluding carboxylic acids is 1. The van der Waals surface area contributed by atoms with Crippen LogP contribution in [0.2, 0.25) is 0 Å². The molecule has 5 heteroatoms. The molecule has 4 rings (SSSR count). The third-order valence-electron chi connectivity index (χ3n) is 4.83. The molecule has 2 aromatic carbocycles. The fourth-order valence-electron chi connectivity index (χ4n) is 3.57. The number of benzene rings is 2.